The molecule has 0 fully saturated rings. The summed E-state index contributed by atoms with van der Waals surface area (Å²) in [5.41, 5.74) is 0.0989. The van der Waals surface area contributed by atoms with Gasteiger partial charge < -0.3 is 4.74 Å². The van der Waals surface area contributed by atoms with Crippen LogP contribution in [0.2, 0.25) is 0 Å². The van der Waals surface area contributed by atoms with Crippen molar-refractivity contribution >= 4 is 15.9 Å². The lowest BCUT2D eigenvalue weighted by molar-refractivity contribution is -0.146. The Morgan fingerprint density at radius 2 is 2.05 bits per heavy atom. The van der Waals surface area contributed by atoms with Crippen LogP contribution in [-0.4, -0.2) is 33.5 Å². The van der Waals surface area contributed by atoms with Crippen molar-refractivity contribution in [2.24, 2.45) is 0 Å². The van der Waals surface area contributed by atoms with Crippen molar-refractivity contribution in [3.8, 4) is 11.4 Å². The number of halogens is 5. The maximum Gasteiger partial charge on any atom is 0.453 e. The molecule has 2 rings (SSSR count). The molecule has 0 aliphatic rings. The quantitative estimate of drug-likeness (QED) is 0.792. The number of tetrazole rings is 1. The normalized spacial score (nSPS) is 11.7. The van der Waals surface area contributed by atoms with E-state index < -0.39 is 18.7 Å². The molecule has 0 saturated heterocycles. The number of hydrogen-bond donors (Lipinski definition) is 0. The second-order valence-electron chi connectivity index (χ2n) is 3.56. The lowest BCUT2D eigenvalue weighted by Crippen LogP contribution is -2.14. The van der Waals surface area contributed by atoms with Crippen LogP contribution in [0, 0.1) is 0 Å². The molecule has 1 heterocycles. The number of rotatable bonds is 4. The number of nitrogens with zero attached hydrogens (tertiary/aromatic N) is 4. The monoisotopic (exact) mass is 354 g/mol. The Labute approximate surface area is 118 Å². The van der Waals surface area contributed by atoms with Gasteiger partial charge in [-0.2, -0.15) is 17.9 Å². The van der Waals surface area contributed by atoms with Gasteiger partial charge in [-0.1, -0.05) is 0 Å². The van der Waals surface area contributed by atoms with E-state index in [9.17, 15) is 17.6 Å². The van der Waals surface area contributed by atoms with Crippen molar-refractivity contribution in [2.75, 3.05) is 13.3 Å². The summed E-state index contributed by atoms with van der Waals surface area (Å²) in [5, 5.41) is 9.26. The van der Waals surface area contributed by atoms with Crippen LogP contribution >= 0.6 is 15.9 Å². The minimum atomic E-state index is -4.67. The van der Waals surface area contributed by atoms with Crippen molar-refractivity contribution in [1.82, 2.24) is 20.2 Å². The van der Waals surface area contributed by atoms with Crippen LogP contribution in [0.5, 0.6) is 5.75 Å². The summed E-state index contributed by atoms with van der Waals surface area (Å²) in [5.74, 6) is -0.921. The van der Waals surface area contributed by atoms with Gasteiger partial charge in [0.1, 0.15) is 19.0 Å². The Bertz CT molecular complexity index is 601. The smallest absolute Gasteiger partial charge is 0.453 e. The van der Waals surface area contributed by atoms with Gasteiger partial charge in [-0.05, 0) is 44.6 Å². The number of hydrogen-bond acceptors (Lipinski definition) is 4. The van der Waals surface area contributed by atoms with E-state index in [2.05, 4.69) is 31.5 Å². The lowest BCUT2D eigenvalue weighted by atomic mass is 10.3. The topological polar surface area (TPSA) is 52.8 Å². The molecule has 10 heteroatoms. The van der Waals surface area contributed by atoms with Crippen LogP contribution in [0.3, 0.4) is 0 Å². The molecule has 0 unspecified atom stereocenters. The third kappa shape index (κ3) is 3.06. The van der Waals surface area contributed by atoms with Crippen LogP contribution in [-0.2, 0) is 6.18 Å². The molecule has 0 spiro atoms. The number of alkyl halides is 4. The van der Waals surface area contributed by atoms with Crippen molar-refractivity contribution in [1.29, 1.82) is 0 Å². The Balaban J connectivity index is 2.35. The molecule has 108 valence electrons. The SMILES string of the molecule is FCCOc1ccc(-n2nnnc2C(F)(F)F)cc1Br. The van der Waals surface area contributed by atoms with E-state index in [0.29, 0.717) is 14.9 Å². The highest BCUT2D eigenvalue weighted by atomic mass is 79.9. The van der Waals surface area contributed by atoms with Crippen LogP contribution in [0.25, 0.3) is 5.69 Å². The van der Waals surface area contributed by atoms with Gasteiger partial charge in [0.15, 0.2) is 0 Å². The zero-order valence-corrected chi connectivity index (χ0v) is 11.3. The fourth-order valence-corrected chi connectivity index (χ4v) is 1.91. The molecular formula is C10H7BrF4N4O. The average molecular weight is 355 g/mol. The third-order valence-corrected chi connectivity index (χ3v) is 2.84. The summed E-state index contributed by atoms with van der Waals surface area (Å²) in [6.07, 6.45) is -4.67. The molecule has 0 amide bonds. The van der Waals surface area contributed by atoms with Crippen LogP contribution in [0.1, 0.15) is 5.82 Å². The Kier molecular flexibility index (Phi) is 4.21. The van der Waals surface area contributed by atoms with Crippen molar-refractivity contribution in [3.63, 3.8) is 0 Å². The molecule has 1 aromatic carbocycles. The van der Waals surface area contributed by atoms with E-state index in [0.717, 1.165) is 0 Å². The summed E-state index contributed by atoms with van der Waals surface area (Å²) in [4.78, 5) is 0. The van der Waals surface area contributed by atoms with E-state index in [1.807, 2.05) is 0 Å². The van der Waals surface area contributed by atoms with Crippen molar-refractivity contribution in [3.05, 3.63) is 28.5 Å². The van der Waals surface area contributed by atoms with E-state index in [1.54, 1.807) is 0 Å². The molecule has 2 aromatic rings. The van der Waals surface area contributed by atoms with Crippen molar-refractivity contribution in [2.45, 2.75) is 6.18 Å². The first-order valence-electron chi connectivity index (χ1n) is 5.27. The van der Waals surface area contributed by atoms with Gasteiger partial charge >= 0.3 is 6.18 Å². The predicted octanol–water partition coefficient (Wildman–Crippen LogP) is 2.79. The number of aromatic nitrogens is 4. The lowest BCUT2D eigenvalue weighted by Gasteiger charge is -2.10. The first-order chi connectivity index (χ1) is 9.43. The van der Waals surface area contributed by atoms with E-state index >= 15 is 0 Å². The first kappa shape index (κ1) is 14.7. The third-order valence-electron chi connectivity index (χ3n) is 2.22. The van der Waals surface area contributed by atoms with Gasteiger partial charge in [-0.3, -0.25) is 0 Å². The van der Waals surface area contributed by atoms with Gasteiger partial charge in [0.05, 0.1) is 10.2 Å². The van der Waals surface area contributed by atoms with E-state index in [1.165, 1.54) is 18.2 Å². The summed E-state index contributed by atoms with van der Waals surface area (Å²) in [6.45, 7) is -0.809. The highest BCUT2D eigenvalue weighted by Crippen LogP contribution is 2.31. The standard InChI is InChI=1S/C10H7BrF4N4O/c11-7-5-6(1-2-8(7)20-4-3-12)19-9(10(13,14)15)16-17-18-19/h1-2,5H,3-4H2. The second-order valence-corrected chi connectivity index (χ2v) is 4.42. The fraction of sp³-hybridized carbons (Fsp3) is 0.300. The second kappa shape index (κ2) is 5.73. The minimum Gasteiger partial charge on any atom is -0.490 e. The molecule has 0 bridgehead atoms. The highest BCUT2D eigenvalue weighted by Gasteiger charge is 2.38. The van der Waals surface area contributed by atoms with Crippen LogP contribution < -0.4 is 4.74 Å². The zero-order chi connectivity index (χ0) is 14.8. The predicted molar refractivity (Wildman–Crippen MR) is 63.3 cm³/mol. The molecule has 0 aliphatic carbocycles. The van der Waals surface area contributed by atoms with Gasteiger partial charge in [0.2, 0.25) is 0 Å². The zero-order valence-electron chi connectivity index (χ0n) is 9.73. The van der Waals surface area contributed by atoms with E-state index in [4.69, 9.17) is 4.74 Å². The fourth-order valence-electron chi connectivity index (χ4n) is 1.42. The summed E-state index contributed by atoms with van der Waals surface area (Å²) in [7, 11) is 0. The molecule has 0 N–H and O–H groups in total. The van der Waals surface area contributed by atoms with Gasteiger partial charge in [0.25, 0.3) is 5.82 Å². The van der Waals surface area contributed by atoms with Crippen LogP contribution in [0.15, 0.2) is 22.7 Å². The molecule has 1 aromatic heterocycles. The van der Waals surface area contributed by atoms with Gasteiger partial charge in [-0.15, -0.1) is 5.10 Å². The molecule has 0 atom stereocenters. The summed E-state index contributed by atoms with van der Waals surface area (Å²) >= 11 is 3.13. The van der Waals surface area contributed by atoms with Crippen molar-refractivity contribution < 1.29 is 22.3 Å². The largest absolute Gasteiger partial charge is 0.490 e. The number of ether oxygens (including phenoxy) is 1. The molecule has 5 nitrogen and oxygen atoms in total. The molecular weight excluding hydrogens is 348 g/mol. The highest BCUT2D eigenvalue weighted by molar-refractivity contribution is 9.10. The number of benzene rings is 1. The summed E-state index contributed by atoms with van der Waals surface area (Å²) in [6, 6.07) is 4.08. The van der Waals surface area contributed by atoms with E-state index in [-0.39, 0.29) is 12.3 Å². The molecule has 0 saturated carbocycles. The van der Waals surface area contributed by atoms with Crippen LogP contribution in [0.4, 0.5) is 17.6 Å². The molecule has 0 aliphatic heterocycles. The first-order valence-corrected chi connectivity index (χ1v) is 6.07. The van der Waals surface area contributed by atoms with Gasteiger partial charge in [0, 0.05) is 0 Å². The Hall–Kier alpha value is -1.71. The average Bonchev–Trinajstić information content (AvgIpc) is 2.86. The maximum absolute atomic E-state index is 12.7. The molecule has 0 radical (unpaired) electrons. The Morgan fingerprint density at radius 3 is 2.65 bits per heavy atom. The van der Waals surface area contributed by atoms with Gasteiger partial charge in [-0.25, -0.2) is 4.39 Å². The molecule has 20 heavy (non-hydrogen) atoms. The summed E-state index contributed by atoms with van der Waals surface area (Å²) < 4.78 is 56.0. The Morgan fingerprint density at radius 1 is 1.30 bits per heavy atom. The maximum atomic E-state index is 12.7. The minimum absolute atomic E-state index is 0.0989.